The number of aromatic nitrogens is 5. The van der Waals surface area contributed by atoms with Crippen LogP contribution in [-0.2, 0) is 0 Å². The van der Waals surface area contributed by atoms with Crippen molar-refractivity contribution in [2.24, 2.45) is 0 Å². The maximum absolute atomic E-state index is 6.37. The molecule has 0 aliphatic rings. The van der Waals surface area contributed by atoms with Gasteiger partial charge in [-0.2, -0.15) is 4.80 Å². The number of fused-ring (bicyclic) bond motifs is 8. The Bertz CT molecular complexity index is 3540. The van der Waals surface area contributed by atoms with E-state index in [1.54, 1.807) is 4.80 Å². The van der Waals surface area contributed by atoms with Gasteiger partial charge in [0.25, 0.3) is 0 Å². The zero-order chi connectivity index (χ0) is 39.6. The van der Waals surface area contributed by atoms with E-state index in [0.29, 0.717) is 5.82 Å². The topological polar surface area (TPSA) is 69.6 Å². The Morgan fingerprint density at radius 3 is 1.80 bits per heavy atom. The van der Waals surface area contributed by atoms with E-state index in [9.17, 15) is 0 Å². The van der Waals surface area contributed by atoms with Crippen molar-refractivity contribution in [3.63, 3.8) is 0 Å². The highest BCUT2D eigenvalue weighted by molar-refractivity contribution is 6.19. The summed E-state index contributed by atoms with van der Waals surface area (Å²) in [4.78, 5) is 12.6. The van der Waals surface area contributed by atoms with E-state index in [2.05, 4.69) is 140 Å². The molecule has 12 aromatic rings. The third-order valence-corrected chi connectivity index (χ3v) is 11.4. The van der Waals surface area contributed by atoms with Gasteiger partial charge in [-0.05, 0) is 99.1 Å². The summed E-state index contributed by atoms with van der Waals surface area (Å²) in [6, 6.07) is 69.4. The first-order valence-corrected chi connectivity index (χ1v) is 20.0. The summed E-state index contributed by atoms with van der Waals surface area (Å²) >= 11 is 0. The number of para-hydroxylation sites is 2. The van der Waals surface area contributed by atoms with Crippen molar-refractivity contribution < 1.29 is 4.42 Å². The number of nitrogens with zero attached hydrogens (tertiary/aromatic N) is 5. The minimum atomic E-state index is 0.623. The lowest BCUT2D eigenvalue weighted by Crippen LogP contribution is -1.97. The highest BCUT2D eigenvalue weighted by Gasteiger charge is 2.19. The highest BCUT2D eigenvalue weighted by Crippen LogP contribution is 2.40. The first-order valence-electron chi connectivity index (χ1n) is 20.0. The van der Waals surface area contributed by atoms with Crippen molar-refractivity contribution >= 4 is 54.5 Å². The van der Waals surface area contributed by atoms with Crippen LogP contribution >= 0.6 is 0 Å². The summed E-state index contributed by atoms with van der Waals surface area (Å²) in [6.07, 6.45) is 0. The van der Waals surface area contributed by atoms with Gasteiger partial charge in [0.2, 0.25) is 0 Å². The molecule has 0 fully saturated rings. The molecule has 0 aliphatic heterocycles. The van der Waals surface area contributed by atoms with Crippen molar-refractivity contribution in [1.29, 1.82) is 0 Å². The Morgan fingerprint density at radius 2 is 1.02 bits per heavy atom. The van der Waals surface area contributed by atoms with Crippen molar-refractivity contribution in [2.45, 2.75) is 0 Å². The molecule has 3 aromatic heterocycles. The molecule has 3 heterocycles. The van der Waals surface area contributed by atoms with E-state index >= 15 is 0 Å². The molecular weight excluding hydrogens is 735 g/mol. The highest BCUT2D eigenvalue weighted by atomic mass is 16.3. The molecule has 0 saturated heterocycles. The minimum Gasteiger partial charge on any atom is -0.456 e. The van der Waals surface area contributed by atoms with E-state index in [4.69, 9.17) is 24.6 Å². The Hall–Kier alpha value is -8.22. The average molecular weight is 768 g/mol. The lowest BCUT2D eigenvalue weighted by molar-refractivity contribution is 0.669. The first-order chi connectivity index (χ1) is 29.7. The van der Waals surface area contributed by atoms with E-state index in [1.165, 1.54) is 0 Å². The lowest BCUT2D eigenvalue weighted by atomic mass is 9.94. The largest absolute Gasteiger partial charge is 0.456 e. The van der Waals surface area contributed by atoms with Crippen molar-refractivity contribution in [2.75, 3.05) is 0 Å². The van der Waals surface area contributed by atoms with Gasteiger partial charge in [0.05, 0.1) is 17.1 Å². The minimum absolute atomic E-state index is 0.623. The molecule has 0 aliphatic carbocycles. The van der Waals surface area contributed by atoms with E-state index in [-0.39, 0.29) is 0 Å². The number of benzene rings is 9. The van der Waals surface area contributed by atoms with Crippen LogP contribution < -0.4 is 0 Å². The van der Waals surface area contributed by atoms with Gasteiger partial charge < -0.3 is 4.42 Å². The molecule has 0 unspecified atom stereocenters. The third-order valence-electron chi connectivity index (χ3n) is 11.4. The van der Waals surface area contributed by atoms with Crippen LogP contribution in [-0.4, -0.2) is 25.0 Å². The normalized spacial score (nSPS) is 11.7. The van der Waals surface area contributed by atoms with E-state index in [1.807, 2.05) is 60.7 Å². The van der Waals surface area contributed by atoms with Gasteiger partial charge in [0.15, 0.2) is 5.82 Å². The van der Waals surface area contributed by atoms with Crippen molar-refractivity contribution in [1.82, 2.24) is 25.0 Å². The predicted molar refractivity (Wildman–Crippen MR) is 244 cm³/mol. The number of hydrogen-bond acceptors (Lipinski definition) is 5. The number of hydrogen-bond donors (Lipinski definition) is 0. The van der Waals surface area contributed by atoms with Crippen LogP contribution in [0.4, 0.5) is 0 Å². The Labute approximate surface area is 344 Å². The Kier molecular flexibility index (Phi) is 7.74. The molecule has 0 amide bonds. The van der Waals surface area contributed by atoms with Gasteiger partial charge in [0, 0.05) is 32.8 Å². The van der Waals surface area contributed by atoms with Crippen LogP contribution in [0, 0.1) is 0 Å². The third kappa shape index (κ3) is 5.73. The first kappa shape index (κ1) is 33.9. The van der Waals surface area contributed by atoms with E-state index in [0.717, 1.165) is 111 Å². The fourth-order valence-electron chi connectivity index (χ4n) is 8.55. The van der Waals surface area contributed by atoms with Gasteiger partial charge in [-0.15, -0.1) is 10.2 Å². The summed E-state index contributed by atoms with van der Waals surface area (Å²) in [6.45, 7) is 0. The van der Waals surface area contributed by atoms with Crippen LogP contribution in [0.5, 0.6) is 0 Å². The smallest absolute Gasteiger partial charge is 0.160 e. The summed E-state index contributed by atoms with van der Waals surface area (Å²) in [5, 5.41) is 16.3. The fourth-order valence-corrected chi connectivity index (χ4v) is 8.55. The number of rotatable bonds is 6. The summed E-state index contributed by atoms with van der Waals surface area (Å²) in [5.74, 6) is 0.623. The van der Waals surface area contributed by atoms with Crippen molar-refractivity contribution in [3.8, 4) is 61.8 Å². The molecule has 0 N–H and O–H groups in total. The van der Waals surface area contributed by atoms with Crippen molar-refractivity contribution in [3.05, 3.63) is 200 Å². The Balaban J connectivity index is 1.11. The van der Waals surface area contributed by atoms with Gasteiger partial charge in [0.1, 0.15) is 22.2 Å². The maximum atomic E-state index is 6.37. The molecule has 280 valence electrons. The number of furan rings is 1. The zero-order valence-corrected chi connectivity index (χ0v) is 32.2. The van der Waals surface area contributed by atoms with E-state index < -0.39 is 0 Å². The quantitative estimate of drug-likeness (QED) is 0.158. The molecule has 6 heteroatoms. The second-order valence-corrected chi connectivity index (χ2v) is 15.1. The molecule has 0 saturated carbocycles. The monoisotopic (exact) mass is 767 g/mol. The molecule has 0 radical (unpaired) electrons. The summed E-state index contributed by atoms with van der Waals surface area (Å²) in [7, 11) is 0. The van der Waals surface area contributed by atoms with Crippen LogP contribution in [0.1, 0.15) is 0 Å². The van der Waals surface area contributed by atoms with Crippen LogP contribution in [0.2, 0.25) is 0 Å². The van der Waals surface area contributed by atoms with Crippen LogP contribution in [0.25, 0.3) is 116 Å². The molecule has 0 spiro atoms. The van der Waals surface area contributed by atoms with Gasteiger partial charge >= 0.3 is 0 Å². The lowest BCUT2D eigenvalue weighted by Gasteiger charge is -2.14. The molecule has 60 heavy (non-hydrogen) atoms. The van der Waals surface area contributed by atoms with Gasteiger partial charge in [-0.25, -0.2) is 9.97 Å². The summed E-state index contributed by atoms with van der Waals surface area (Å²) in [5.41, 5.74) is 13.3. The predicted octanol–water partition coefficient (Wildman–Crippen LogP) is 13.8. The van der Waals surface area contributed by atoms with Gasteiger partial charge in [-0.3, -0.25) is 0 Å². The SMILES string of the molecule is c1ccc(-c2cc(-c3ccccc3)cc(-c3cc(-c4cccc5oc6ccccc6c45)nc(-c4ccc5ccc6ccc7nn(-c8ccccc8)nc7c6c5c4)n3)c2)cc1. The Morgan fingerprint density at radius 1 is 0.383 bits per heavy atom. The van der Waals surface area contributed by atoms with Crippen LogP contribution in [0.15, 0.2) is 205 Å². The molecule has 6 nitrogen and oxygen atoms in total. The van der Waals surface area contributed by atoms with Gasteiger partial charge in [-0.1, -0.05) is 140 Å². The molecule has 0 bridgehead atoms. The standard InChI is InChI=1S/C54H33N5O/c1-4-13-34(14-5-1)39-29-40(35-15-6-2-7-16-35)31-41(30-39)47-33-48(43-20-12-22-50-52(43)44-19-10-11-21-49(44)60-50)56-54(55-47)38-26-24-36-23-25-37-27-28-46-53(51(37)45(36)32-38)58-59(57-46)42-17-8-3-9-18-42/h1-33H. The fraction of sp³-hybridized carbons (Fsp3) is 0. The molecule has 0 atom stereocenters. The molecule has 12 rings (SSSR count). The molecule has 9 aromatic carbocycles. The second kappa shape index (κ2) is 13.7. The summed E-state index contributed by atoms with van der Waals surface area (Å²) < 4.78 is 6.37. The second-order valence-electron chi connectivity index (χ2n) is 15.1. The maximum Gasteiger partial charge on any atom is 0.160 e. The van der Waals surface area contributed by atoms with Crippen LogP contribution in [0.3, 0.4) is 0 Å². The average Bonchev–Trinajstić information content (AvgIpc) is 3.94. The molecular formula is C54H33N5O. The zero-order valence-electron chi connectivity index (χ0n) is 32.2.